The molecule has 28 heavy (non-hydrogen) atoms. The molecule has 1 aliphatic heterocycles. The fourth-order valence-corrected chi connectivity index (χ4v) is 2.65. The predicted octanol–water partition coefficient (Wildman–Crippen LogP) is 2.40. The van der Waals surface area contributed by atoms with E-state index in [9.17, 15) is 9.18 Å². The number of guanidine groups is 1. The second-order valence-electron chi connectivity index (χ2n) is 6.07. The molecule has 0 fully saturated rings. The number of hydrogen-bond donors (Lipinski definition) is 3. The number of carbonyl (C=O) groups excluding carboxylic acids is 1. The Morgan fingerprint density at radius 1 is 1.07 bits per heavy atom. The van der Waals surface area contributed by atoms with Gasteiger partial charge in [-0.05, 0) is 24.3 Å². The van der Waals surface area contributed by atoms with Crippen LogP contribution in [0.2, 0.25) is 0 Å². The second kappa shape index (κ2) is 9.59. The first-order chi connectivity index (χ1) is 13.7. The minimum absolute atomic E-state index is 0.0252. The monoisotopic (exact) mass is 386 g/mol. The number of fused-ring (bicyclic) bond motifs is 1. The Kier molecular flexibility index (Phi) is 6.67. The molecule has 0 aliphatic carbocycles. The van der Waals surface area contributed by atoms with E-state index in [-0.39, 0.29) is 5.56 Å². The first-order valence-electron chi connectivity index (χ1n) is 9.07. The molecule has 3 rings (SSSR count). The number of amides is 1. The van der Waals surface area contributed by atoms with E-state index in [1.54, 1.807) is 19.2 Å². The largest absolute Gasteiger partial charge is 0.490 e. The number of ether oxygens (including phenoxy) is 2. The summed E-state index contributed by atoms with van der Waals surface area (Å²) in [5, 5.41) is 8.92. The Bertz CT molecular complexity index is 857. The first kappa shape index (κ1) is 19.5. The zero-order chi connectivity index (χ0) is 19.8. The van der Waals surface area contributed by atoms with Crippen LogP contribution in [0.1, 0.15) is 16.8 Å². The van der Waals surface area contributed by atoms with Crippen molar-refractivity contribution in [1.82, 2.24) is 10.6 Å². The Labute approximate surface area is 163 Å². The number of carbonyl (C=O) groups is 1. The van der Waals surface area contributed by atoms with Gasteiger partial charge in [-0.2, -0.15) is 0 Å². The highest BCUT2D eigenvalue weighted by molar-refractivity contribution is 5.95. The van der Waals surface area contributed by atoms with Crippen LogP contribution in [0.4, 0.5) is 10.1 Å². The zero-order valence-electron chi connectivity index (χ0n) is 15.6. The summed E-state index contributed by atoms with van der Waals surface area (Å²) in [6.07, 6.45) is 0.846. The van der Waals surface area contributed by atoms with Crippen molar-refractivity contribution in [3.05, 3.63) is 53.8 Å². The lowest BCUT2D eigenvalue weighted by Gasteiger charge is -2.14. The van der Waals surface area contributed by atoms with Gasteiger partial charge in [-0.1, -0.05) is 12.1 Å². The van der Waals surface area contributed by atoms with Gasteiger partial charge in [0.15, 0.2) is 17.5 Å². The van der Waals surface area contributed by atoms with Crippen LogP contribution in [0.3, 0.4) is 0 Å². The Morgan fingerprint density at radius 3 is 2.61 bits per heavy atom. The van der Waals surface area contributed by atoms with Gasteiger partial charge in [0.1, 0.15) is 5.82 Å². The van der Waals surface area contributed by atoms with Gasteiger partial charge in [0.25, 0.3) is 5.91 Å². The Hall–Kier alpha value is -3.29. The molecule has 0 aromatic heterocycles. The number of hydrogen-bond acceptors (Lipinski definition) is 4. The molecule has 0 saturated carbocycles. The third kappa shape index (κ3) is 5.12. The van der Waals surface area contributed by atoms with Crippen molar-refractivity contribution in [3.63, 3.8) is 0 Å². The van der Waals surface area contributed by atoms with Crippen LogP contribution in [0.5, 0.6) is 11.5 Å². The number of benzene rings is 2. The lowest BCUT2D eigenvalue weighted by Crippen LogP contribution is -2.38. The third-order valence-corrected chi connectivity index (χ3v) is 4.06. The number of halogens is 1. The standard InChI is InChI=1S/C20H23FN4O3/c1-22-20(24-10-9-23-19(26)15-5-2-3-6-16(15)21)25-14-7-8-17-18(13-14)28-12-4-11-27-17/h2-3,5-8,13H,4,9-12H2,1H3,(H,23,26)(H2,22,24,25). The molecular weight excluding hydrogens is 363 g/mol. The lowest BCUT2D eigenvalue weighted by molar-refractivity contribution is 0.0950. The summed E-state index contributed by atoms with van der Waals surface area (Å²) in [4.78, 5) is 16.1. The number of rotatable bonds is 5. The molecule has 0 radical (unpaired) electrons. The van der Waals surface area contributed by atoms with E-state index >= 15 is 0 Å². The van der Waals surface area contributed by atoms with Crippen LogP contribution in [0.15, 0.2) is 47.5 Å². The van der Waals surface area contributed by atoms with Crippen molar-refractivity contribution in [3.8, 4) is 11.5 Å². The summed E-state index contributed by atoms with van der Waals surface area (Å²) < 4.78 is 24.9. The van der Waals surface area contributed by atoms with E-state index in [1.165, 1.54) is 12.1 Å². The highest BCUT2D eigenvalue weighted by atomic mass is 19.1. The normalized spacial score (nSPS) is 13.4. The molecule has 0 unspecified atom stereocenters. The molecule has 2 aromatic carbocycles. The highest BCUT2D eigenvalue weighted by Crippen LogP contribution is 2.32. The second-order valence-corrected chi connectivity index (χ2v) is 6.07. The maximum atomic E-state index is 13.6. The van der Waals surface area contributed by atoms with E-state index in [4.69, 9.17) is 9.47 Å². The first-order valence-corrected chi connectivity index (χ1v) is 9.07. The van der Waals surface area contributed by atoms with Crippen LogP contribution in [-0.2, 0) is 0 Å². The Morgan fingerprint density at radius 2 is 1.82 bits per heavy atom. The molecule has 0 atom stereocenters. The quantitative estimate of drug-likeness (QED) is 0.418. The number of nitrogens with one attached hydrogen (secondary N) is 3. The summed E-state index contributed by atoms with van der Waals surface area (Å²) in [5.74, 6) is 0.956. The molecule has 0 saturated heterocycles. The van der Waals surface area contributed by atoms with E-state index in [1.807, 2.05) is 18.2 Å². The minimum atomic E-state index is -0.542. The minimum Gasteiger partial charge on any atom is -0.490 e. The molecule has 1 aliphatic rings. The molecule has 3 N–H and O–H groups in total. The van der Waals surface area contributed by atoms with Gasteiger partial charge in [0.2, 0.25) is 0 Å². The van der Waals surface area contributed by atoms with Crippen LogP contribution < -0.4 is 25.4 Å². The van der Waals surface area contributed by atoms with Gasteiger partial charge in [0.05, 0.1) is 18.8 Å². The highest BCUT2D eigenvalue weighted by Gasteiger charge is 2.12. The smallest absolute Gasteiger partial charge is 0.254 e. The molecule has 2 aromatic rings. The molecule has 8 heteroatoms. The number of nitrogens with zero attached hydrogens (tertiary/aromatic N) is 1. The number of aliphatic imine (C=N–C) groups is 1. The molecule has 7 nitrogen and oxygen atoms in total. The van der Waals surface area contributed by atoms with Gasteiger partial charge in [-0.3, -0.25) is 9.79 Å². The molecule has 1 amide bonds. The van der Waals surface area contributed by atoms with Crippen LogP contribution in [0, 0.1) is 5.82 Å². The van der Waals surface area contributed by atoms with Crippen LogP contribution >= 0.6 is 0 Å². The van der Waals surface area contributed by atoms with Gasteiger partial charge in [-0.15, -0.1) is 0 Å². The van der Waals surface area contributed by atoms with Crippen molar-refractivity contribution in [2.24, 2.45) is 4.99 Å². The van der Waals surface area contributed by atoms with Crippen LogP contribution in [0.25, 0.3) is 0 Å². The summed E-state index contributed by atoms with van der Waals surface area (Å²) in [7, 11) is 1.65. The zero-order valence-corrected chi connectivity index (χ0v) is 15.6. The van der Waals surface area contributed by atoms with Crippen molar-refractivity contribution in [2.75, 3.05) is 38.7 Å². The number of anilines is 1. The summed E-state index contributed by atoms with van der Waals surface area (Å²) in [5.41, 5.74) is 0.824. The average Bonchev–Trinajstić information content (AvgIpc) is 2.95. The SMILES string of the molecule is CN=C(NCCNC(=O)c1ccccc1F)Nc1ccc2c(c1)OCCCO2. The van der Waals surface area contributed by atoms with Crippen molar-refractivity contribution < 1.29 is 18.7 Å². The van der Waals surface area contributed by atoms with Crippen molar-refractivity contribution in [2.45, 2.75) is 6.42 Å². The van der Waals surface area contributed by atoms with Crippen molar-refractivity contribution >= 4 is 17.6 Å². The van der Waals surface area contributed by atoms with Gasteiger partial charge in [-0.25, -0.2) is 4.39 Å². The third-order valence-electron chi connectivity index (χ3n) is 4.06. The summed E-state index contributed by atoms with van der Waals surface area (Å²) in [6.45, 7) is 1.99. The fraction of sp³-hybridized carbons (Fsp3) is 0.300. The fourth-order valence-electron chi connectivity index (χ4n) is 2.65. The Balaban J connectivity index is 1.48. The van der Waals surface area contributed by atoms with E-state index < -0.39 is 11.7 Å². The van der Waals surface area contributed by atoms with E-state index in [0.717, 1.165) is 17.9 Å². The molecular formula is C20H23FN4O3. The summed E-state index contributed by atoms with van der Waals surface area (Å²) in [6, 6.07) is 11.5. The van der Waals surface area contributed by atoms with Crippen LogP contribution in [-0.4, -0.2) is 45.2 Å². The van der Waals surface area contributed by atoms with E-state index in [2.05, 4.69) is 20.9 Å². The topological polar surface area (TPSA) is 84.0 Å². The predicted molar refractivity (Wildman–Crippen MR) is 106 cm³/mol. The molecule has 0 bridgehead atoms. The summed E-state index contributed by atoms with van der Waals surface area (Å²) >= 11 is 0. The van der Waals surface area contributed by atoms with Gasteiger partial charge in [0, 0.05) is 38.3 Å². The average molecular weight is 386 g/mol. The molecule has 148 valence electrons. The van der Waals surface area contributed by atoms with Gasteiger partial charge < -0.3 is 25.4 Å². The maximum Gasteiger partial charge on any atom is 0.254 e. The molecule has 0 spiro atoms. The lowest BCUT2D eigenvalue weighted by atomic mass is 10.2. The van der Waals surface area contributed by atoms with Crippen molar-refractivity contribution in [1.29, 1.82) is 0 Å². The maximum absolute atomic E-state index is 13.6. The molecule has 1 heterocycles. The van der Waals surface area contributed by atoms with Gasteiger partial charge >= 0.3 is 0 Å². The van der Waals surface area contributed by atoms with E-state index in [0.29, 0.717) is 38.0 Å².